The number of rotatable bonds is 9. The lowest BCUT2D eigenvalue weighted by Crippen LogP contribution is -2.46. The molecule has 6 atom stereocenters. The highest BCUT2D eigenvalue weighted by Gasteiger charge is 2.58. The van der Waals surface area contributed by atoms with Gasteiger partial charge < -0.3 is 29.3 Å². The van der Waals surface area contributed by atoms with Crippen LogP contribution in [0.4, 0.5) is 4.39 Å². The van der Waals surface area contributed by atoms with Gasteiger partial charge in [-0.1, -0.05) is 12.2 Å². The molecule has 178 valence electrons. The lowest BCUT2D eigenvalue weighted by atomic mass is 10.1. The maximum Gasteiger partial charge on any atom is 0.488 e. The number of methoxy groups -OCH3 is 1. The lowest BCUT2D eigenvalue weighted by Gasteiger charge is -2.29. The van der Waals surface area contributed by atoms with Crippen LogP contribution in [0.25, 0.3) is 0 Å². The van der Waals surface area contributed by atoms with Gasteiger partial charge in [-0.25, -0.2) is 22.9 Å². The number of nitrogens with zero attached hydrogens (tertiary/aromatic N) is 1. The summed E-state index contributed by atoms with van der Waals surface area (Å²) in [5.41, 5.74) is -1.86. The van der Waals surface area contributed by atoms with Gasteiger partial charge in [-0.3, -0.25) is 18.9 Å². The molecule has 1 aliphatic rings. The average molecular weight is 532 g/mol. The quantitative estimate of drug-likeness (QED) is 0.172. The minimum Gasteiger partial charge on any atom is -0.385 e. The molecule has 0 aromatic carbocycles. The van der Waals surface area contributed by atoms with E-state index >= 15 is 0 Å². The predicted octanol–water partition coefficient (Wildman–Crippen LogP) is -0.612. The molecule has 31 heavy (non-hydrogen) atoms. The standard InChI is InChI=1S/C10H16FN2O14P3S/c1-23-10(4-24-30(22,31)27-29(20,21)26-28(17,18)19)7(11)6(15)8(25-10)13-3-2-5(14)12-9(13)16/h2-3,6-8,15H,4H2,1H3,(H,20,21)(H,22,31)(H,12,14,16)(H2,17,18,19)/t6-,7+,8-,10-,30?/m1/s1. The Morgan fingerprint density at radius 1 is 1.29 bits per heavy atom. The van der Waals surface area contributed by atoms with E-state index in [1.54, 1.807) is 0 Å². The number of phosphoric acid groups is 2. The van der Waals surface area contributed by atoms with Crippen molar-refractivity contribution in [3.05, 3.63) is 33.1 Å². The summed E-state index contributed by atoms with van der Waals surface area (Å²) in [5, 5.41) is 10.1. The molecule has 5 N–H and O–H groups in total. The maximum absolute atomic E-state index is 14.8. The van der Waals surface area contributed by atoms with E-state index in [2.05, 4.69) is 25.4 Å². The fourth-order valence-electron chi connectivity index (χ4n) is 2.40. The summed E-state index contributed by atoms with van der Waals surface area (Å²) >= 11 is 3.31. The summed E-state index contributed by atoms with van der Waals surface area (Å²) in [7, 11) is -10.3. The van der Waals surface area contributed by atoms with Crippen molar-refractivity contribution in [3.63, 3.8) is 0 Å². The van der Waals surface area contributed by atoms with Crippen LogP contribution in [0.2, 0.25) is 0 Å². The number of thiol groups is 1. The molecule has 1 saturated heterocycles. The molecular weight excluding hydrogens is 516 g/mol. The minimum absolute atomic E-state index is 0.617. The number of hydrogen-bond donors (Lipinski definition) is 6. The zero-order valence-electron chi connectivity index (χ0n) is 15.1. The van der Waals surface area contributed by atoms with Gasteiger partial charge in [0.1, 0.15) is 12.7 Å². The molecule has 21 heteroatoms. The van der Waals surface area contributed by atoms with Crippen molar-refractivity contribution in [1.29, 1.82) is 0 Å². The van der Waals surface area contributed by atoms with Gasteiger partial charge >= 0.3 is 28.1 Å². The molecule has 2 unspecified atom stereocenters. The van der Waals surface area contributed by atoms with Crippen LogP contribution >= 0.6 is 34.7 Å². The normalized spacial score (nSPS) is 30.6. The van der Waals surface area contributed by atoms with E-state index in [0.29, 0.717) is 4.57 Å². The Morgan fingerprint density at radius 3 is 2.42 bits per heavy atom. The number of aliphatic hydroxyl groups is 1. The van der Waals surface area contributed by atoms with Crippen LogP contribution < -0.4 is 11.2 Å². The minimum atomic E-state index is -5.66. The molecule has 2 heterocycles. The van der Waals surface area contributed by atoms with Gasteiger partial charge in [0, 0.05) is 19.4 Å². The average Bonchev–Trinajstić information content (AvgIpc) is 2.82. The van der Waals surface area contributed by atoms with E-state index in [1.165, 1.54) is 0 Å². The Kier molecular flexibility index (Phi) is 7.94. The SMILES string of the molecule is CO[C@]1(COP(=O)(S)OP(=O)(O)OP(=O)(O)O)O[C@@H](n2ccc(=O)[nH]c2=O)[C@H](O)[C@@H]1F. The first-order chi connectivity index (χ1) is 14.0. The van der Waals surface area contributed by atoms with Gasteiger partial charge in [-0.05, 0) is 0 Å². The molecule has 0 radical (unpaired) electrons. The molecule has 0 saturated carbocycles. The number of halogens is 1. The first-order valence-electron chi connectivity index (χ1n) is 7.66. The molecule has 0 bridgehead atoms. The first kappa shape index (κ1) is 26.5. The smallest absolute Gasteiger partial charge is 0.385 e. The molecule has 1 aromatic rings. The van der Waals surface area contributed by atoms with Crippen molar-refractivity contribution in [2.45, 2.75) is 24.3 Å². The fourth-order valence-corrected chi connectivity index (χ4v) is 6.44. The molecule has 2 rings (SSSR count). The van der Waals surface area contributed by atoms with Gasteiger partial charge in [0.05, 0.1) is 0 Å². The van der Waals surface area contributed by atoms with Crippen molar-refractivity contribution >= 4 is 34.7 Å². The van der Waals surface area contributed by atoms with Gasteiger partial charge in [-0.2, -0.15) is 8.62 Å². The van der Waals surface area contributed by atoms with Crippen molar-refractivity contribution in [3.8, 4) is 0 Å². The number of hydrogen-bond acceptors (Lipinski definition) is 11. The van der Waals surface area contributed by atoms with Crippen molar-refractivity contribution < 1.29 is 60.5 Å². The molecule has 1 fully saturated rings. The highest BCUT2D eigenvalue weighted by molar-refractivity contribution is 8.45. The van der Waals surface area contributed by atoms with Gasteiger partial charge in [0.2, 0.25) is 5.79 Å². The molecule has 0 spiro atoms. The lowest BCUT2D eigenvalue weighted by molar-refractivity contribution is -0.257. The number of nitrogens with one attached hydrogen (secondary N) is 1. The Bertz CT molecular complexity index is 1070. The van der Waals surface area contributed by atoms with E-state index in [0.717, 1.165) is 19.4 Å². The summed E-state index contributed by atoms with van der Waals surface area (Å²) in [6, 6.07) is 0.879. The van der Waals surface area contributed by atoms with Crippen molar-refractivity contribution in [1.82, 2.24) is 9.55 Å². The van der Waals surface area contributed by atoms with Gasteiger partial charge in [0.15, 0.2) is 12.4 Å². The van der Waals surface area contributed by atoms with Crippen LogP contribution in [-0.2, 0) is 36.3 Å². The molecular formula is C10H16FN2O14P3S. The highest BCUT2D eigenvalue weighted by atomic mass is 32.7. The van der Waals surface area contributed by atoms with Crippen LogP contribution in [0.3, 0.4) is 0 Å². The van der Waals surface area contributed by atoms with Gasteiger partial charge in [-0.15, -0.1) is 0 Å². The van der Waals surface area contributed by atoms with E-state index in [9.17, 15) is 37.7 Å². The number of alkyl halides is 1. The van der Waals surface area contributed by atoms with E-state index in [1.807, 2.05) is 4.98 Å². The number of aliphatic hydroxyl groups excluding tert-OH is 1. The van der Waals surface area contributed by atoms with Crippen LogP contribution in [0, 0.1) is 0 Å². The Balaban J connectivity index is 2.21. The highest BCUT2D eigenvalue weighted by Crippen LogP contribution is 2.70. The Morgan fingerprint density at radius 2 is 1.90 bits per heavy atom. The zero-order valence-corrected chi connectivity index (χ0v) is 18.7. The van der Waals surface area contributed by atoms with Gasteiger partial charge in [0.25, 0.3) is 5.56 Å². The third-order valence-electron chi connectivity index (χ3n) is 3.65. The summed E-state index contributed by atoms with van der Waals surface area (Å²) in [6.45, 7) is -6.20. The Labute approximate surface area is 176 Å². The van der Waals surface area contributed by atoms with E-state index < -0.39 is 64.6 Å². The molecule has 1 aromatic heterocycles. The van der Waals surface area contributed by atoms with Crippen molar-refractivity contribution in [2.24, 2.45) is 0 Å². The summed E-state index contributed by atoms with van der Waals surface area (Å²) in [6.07, 6.45) is -5.41. The van der Waals surface area contributed by atoms with Crippen LogP contribution in [0.5, 0.6) is 0 Å². The largest absolute Gasteiger partial charge is 0.488 e. The second-order valence-corrected chi connectivity index (χ2v) is 11.7. The molecule has 16 nitrogen and oxygen atoms in total. The predicted molar refractivity (Wildman–Crippen MR) is 98.7 cm³/mol. The zero-order chi connectivity index (χ0) is 23.8. The van der Waals surface area contributed by atoms with E-state index in [4.69, 9.17) is 19.3 Å². The molecule has 1 aliphatic heterocycles. The monoisotopic (exact) mass is 532 g/mol. The molecule has 0 amide bonds. The second kappa shape index (κ2) is 9.27. The Hall–Kier alpha value is -0.710. The molecule has 0 aliphatic carbocycles. The van der Waals surface area contributed by atoms with Crippen molar-refractivity contribution in [2.75, 3.05) is 13.7 Å². The maximum atomic E-state index is 14.8. The number of ether oxygens (including phenoxy) is 2. The topological polar surface area (TPSA) is 233 Å². The summed E-state index contributed by atoms with van der Waals surface area (Å²) in [4.78, 5) is 51.1. The third-order valence-corrected chi connectivity index (χ3v) is 8.43. The second-order valence-electron chi connectivity index (χ2n) is 5.80. The summed E-state index contributed by atoms with van der Waals surface area (Å²) in [5.74, 6) is -2.56. The number of H-pyrrole nitrogens is 1. The fraction of sp³-hybridized carbons (Fsp3) is 0.600. The number of aromatic amines is 1. The van der Waals surface area contributed by atoms with Crippen LogP contribution in [0.1, 0.15) is 6.23 Å². The van der Waals surface area contributed by atoms with Crippen LogP contribution in [0.15, 0.2) is 21.9 Å². The van der Waals surface area contributed by atoms with E-state index in [-0.39, 0.29) is 0 Å². The van der Waals surface area contributed by atoms with Crippen LogP contribution in [-0.4, -0.2) is 61.1 Å². The first-order valence-corrected chi connectivity index (χ1v) is 13.4. The summed E-state index contributed by atoms with van der Waals surface area (Å²) < 4.78 is 71.7. The third kappa shape index (κ3) is 6.65. The number of aromatic nitrogens is 2.